The zero-order chi connectivity index (χ0) is 15.9. The number of pyridine rings is 1. The molecule has 0 fully saturated rings. The lowest BCUT2D eigenvalue weighted by molar-refractivity contribution is -0.118. The Morgan fingerprint density at radius 3 is 2.74 bits per heavy atom. The van der Waals surface area contributed by atoms with E-state index in [9.17, 15) is 4.79 Å². The van der Waals surface area contributed by atoms with Gasteiger partial charge in [-0.3, -0.25) is 4.79 Å². The first-order chi connectivity index (χ1) is 10.6. The third kappa shape index (κ3) is 5.44. The van der Waals surface area contributed by atoms with Crippen molar-refractivity contribution in [3.63, 3.8) is 0 Å². The number of hydrogen-bond acceptors (Lipinski definition) is 4. The molecule has 0 aliphatic heterocycles. The van der Waals surface area contributed by atoms with E-state index in [1.165, 1.54) is 6.92 Å². The third-order valence-electron chi connectivity index (χ3n) is 3.11. The first-order valence-corrected chi connectivity index (χ1v) is 7.78. The van der Waals surface area contributed by atoms with E-state index in [0.29, 0.717) is 25.6 Å². The molecule has 0 unspecified atom stereocenters. The average molecular weight is 358 g/mol. The van der Waals surface area contributed by atoms with Gasteiger partial charge in [0.05, 0.1) is 18.0 Å². The number of ether oxygens (including phenoxy) is 1. The molecule has 0 saturated carbocycles. The SMILES string of the molecule is CCOc1ccc2nc(NCCNC(C)=O)c(CCl)cc2c1.Cl. The van der Waals surface area contributed by atoms with Crippen LogP contribution in [0.5, 0.6) is 5.75 Å². The van der Waals surface area contributed by atoms with Crippen molar-refractivity contribution in [2.75, 3.05) is 25.0 Å². The number of alkyl halides is 1. The first-order valence-electron chi connectivity index (χ1n) is 7.24. The summed E-state index contributed by atoms with van der Waals surface area (Å²) >= 11 is 6.02. The molecule has 2 aromatic rings. The van der Waals surface area contributed by atoms with E-state index in [1.807, 2.05) is 31.2 Å². The number of benzene rings is 1. The van der Waals surface area contributed by atoms with Crippen molar-refractivity contribution < 1.29 is 9.53 Å². The van der Waals surface area contributed by atoms with Crippen molar-refractivity contribution >= 4 is 46.6 Å². The van der Waals surface area contributed by atoms with Crippen molar-refractivity contribution in [2.24, 2.45) is 0 Å². The normalized spacial score (nSPS) is 10.0. The fraction of sp³-hybridized carbons (Fsp3) is 0.375. The number of halogens is 2. The Morgan fingerprint density at radius 1 is 1.30 bits per heavy atom. The summed E-state index contributed by atoms with van der Waals surface area (Å²) in [5, 5.41) is 6.94. The van der Waals surface area contributed by atoms with Gasteiger partial charge in [-0.25, -0.2) is 4.98 Å². The van der Waals surface area contributed by atoms with Crippen molar-refractivity contribution in [1.29, 1.82) is 0 Å². The molecule has 23 heavy (non-hydrogen) atoms. The van der Waals surface area contributed by atoms with Crippen LogP contribution in [0.4, 0.5) is 5.82 Å². The van der Waals surface area contributed by atoms with Gasteiger partial charge in [0.15, 0.2) is 0 Å². The number of carbonyl (C=O) groups is 1. The lowest BCUT2D eigenvalue weighted by Crippen LogP contribution is -2.26. The third-order valence-corrected chi connectivity index (χ3v) is 3.40. The smallest absolute Gasteiger partial charge is 0.216 e. The fourth-order valence-corrected chi connectivity index (χ4v) is 2.33. The van der Waals surface area contributed by atoms with Crippen LogP contribution in [0.3, 0.4) is 0 Å². The molecule has 1 amide bonds. The van der Waals surface area contributed by atoms with Crippen LogP contribution in [0.25, 0.3) is 10.9 Å². The van der Waals surface area contributed by atoms with Crippen LogP contribution in [-0.4, -0.2) is 30.6 Å². The predicted molar refractivity (Wildman–Crippen MR) is 96.9 cm³/mol. The Hall–Kier alpha value is -1.72. The zero-order valence-corrected chi connectivity index (χ0v) is 14.8. The van der Waals surface area contributed by atoms with Gasteiger partial charge in [0.25, 0.3) is 0 Å². The maximum Gasteiger partial charge on any atom is 0.216 e. The van der Waals surface area contributed by atoms with Crippen LogP contribution in [0.15, 0.2) is 24.3 Å². The molecule has 0 atom stereocenters. The number of aromatic nitrogens is 1. The molecule has 5 nitrogen and oxygen atoms in total. The molecule has 0 saturated heterocycles. The van der Waals surface area contributed by atoms with Crippen LogP contribution in [0.1, 0.15) is 19.4 Å². The molecule has 1 aromatic heterocycles. The molecule has 1 aromatic carbocycles. The second-order valence-corrected chi connectivity index (χ2v) is 5.09. The Balaban J connectivity index is 0.00000264. The molecule has 7 heteroatoms. The Morgan fingerprint density at radius 2 is 2.09 bits per heavy atom. The lowest BCUT2D eigenvalue weighted by Gasteiger charge is -2.12. The number of rotatable bonds is 7. The minimum Gasteiger partial charge on any atom is -0.494 e. The highest BCUT2D eigenvalue weighted by molar-refractivity contribution is 6.17. The van der Waals surface area contributed by atoms with E-state index in [2.05, 4.69) is 15.6 Å². The summed E-state index contributed by atoms with van der Waals surface area (Å²) in [6.07, 6.45) is 0. The Bertz CT molecular complexity index is 665. The van der Waals surface area contributed by atoms with E-state index in [4.69, 9.17) is 16.3 Å². The first kappa shape index (κ1) is 19.3. The molecule has 0 spiro atoms. The Kier molecular flexibility index (Phi) is 7.92. The van der Waals surface area contributed by atoms with E-state index >= 15 is 0 Å². The van der Waals surface area contributed by atoms with Crippen molar-refractivity contribution in [1.82, 2.24) is 10.3 Å². The Labute approximate surface area is 147 Å². The van der Waals surface area contributed by atoms with Crippen LogP contribution < -0.4 is 15.4 Å². The van der Waals surface area contributed by atoms with Crippen molar-refractivity contribution in [3.8, 4) is 5.75 Å². The van der Waals surface area contributed by atoms with Gasteiger partial charge in [-0.2, -0.15) is 0 Å². The van der Waals surface area contributed by atoms with E-state index in [0.717, 1.165) is 28.0 Å². The highest BCUT2D eigenvalue weighted by atomic mass is 35.5. The van der Waals surface area contributed by atoms with Crippen LogP contribution in [0.2, 0.25) is 0 Å². The minimum atomic E-state index is -0.0470. The van der Waals surface area contributed by atoms with Crippen molar-refractivity contribution in [2.45, 2.75) is 19.7 Å². The molecule has 126 valence electrons. The highest BCUT2D eigenvalue weighted by Crippen LogP contribution is 2.25. The highest BCUT2D eigenvalue weighted by Gasteiger charge is 2.07. The van der Waals surface area contributed by atoms with Gasteiger partial charge >= 0.3 is 0 Å². The van der Waals surface area contributed by atoms with Gasteiger partial charge in [0.1, 0.15) is 11.6 Å². The number of nitrogens with one attached hydrogen (secondary N) is 2. The molecule has 2 N–H and O–H groups in total. The van der Waals surface area contributed by atoms with Crippen molar-refractivity contribution in [3.05, 3.63) is 29.8 Å². The molecule has 0 radical (unpaired) electrons. The summed E-state index contributed by atoms with van der Waals surface area (Å²) in [6, 6.07) is 7.80. The van der Waals surface area contributed by atoms with E-state index < -0.39 is 0 Å². The molecule has 0 aliphatic rings. The number of carbonyl (C=O) groups excluding carboxylic acids is 1. The molecule has 0 aliphatic carbocycles. The van der Waals surface area contributed by atoms with Gasteiger partial charge in [-0.1, -0.05) is 0 Å². The number of nitrogens with zero attached hydrogens (tertiary/aromatic N) is 1. The number of fused-ring (bicyclic) bond motifs is 1. The molecular weight excluding hydrogens is 337 g/mol. The topological polar surface area (TPSA) is 63.2 Å². The van der Waals surface area contributed by atoms with E-state index in [1.54, 1.807) is 0 Å². The lowest BCUT2D eigenvalue weighted by atomic mass is 10.1. The molecular formula is C16H21Cl2N3O2. The van der Waals surface area contributed by atoms with Gasteiger partial charge in [0.2, 0.25) is 5.91 Å². The summed E-state index contributed by atoms with van der Waals surface area (Å²) in [4.78, 5) is 15.5. The standard InChI is InChI=1S/C16H20ClN3O2.ClH/c1-3-22-14-4-5-15-12(9-14)8-13(10-17)16(20-15)19-7-6-18-11(2)21;/h4-5,8-9H,3,6-7,10H2,1-2H3,(H,18,21)(H,19,20);1H. The number of amides is 1. The predicted octanol–water partition coefficient (Wildman–Crippen LogP) is 3.34. The zero-order valence-electron chi connectivity index (χ0n) is 13.2. The van der Waals surface area contributed by atoms with Gasteiger partial charge in [0, 0.05) is 31.0 Å². The fourth-order valence-electron chi connectivity index (χ4n) is 2.13. The maximum atomic E-state index is 10.9. The van der Waals surface area contributed by atoms with Crippen LogP contribution >= 0.6 is 24.0 Å². The summed E-state index contributed by atoms with van der Waals surface area (Å²) in [5.41, 5.74) is 1.80. The number of hydrogen-bond donors (Lipinski definition) is 2. The molecule has 2 rings (SSSR count). The van der Waals surface area contributed by atoms with Crippen LogP contribution in [-0.2, 0) is 10.7 Å². The maximum absolute atomic E-state index is 10.9. The summed E-state index contributed by atoms with van der Waals surface area (Å²) in [7, 11) is 0. The quantitative estimate of drug-likeness (QED) is 0.589. The number of anilines is 1. The van der Waals surface area contributed by atoms with E-state index in [-0.39, 0.29) is 18.3 Å². The van der Waals surface area contributed by atoms with Gasteiger partial charge < -0.3 is 15.4 Å². The monoisotopic (exact) mass is 357 g/mol. The molecule has 0 bridgehead atoms. The minimum absolute atomic E-state index is 0. The summed E-state index contributed by atoms with van der Waals surface area (Å²) < 4.78 is 5.50. The second kappa shape index (κ2) is 9.43. The second-order valence-electron chi connectivity index (χ2n) is 4.83. The van der Waals surface area contributed by atoms with Crippen LogP contribution in [0, 0.1) is 0 Å². The molecule has 1 heterocycles. The average Bonchev–Trinajstić information content (AvgIpc) is 2.51. The summed E-state index contributed by atoms with van der Waals surface area (Å²) in [5.74, 6) is 1.89. The van der Waals surface area contributed by atoms with Gasteiger partial charge in [-0.15, -0.1) is 24.0 Å². The van der Waals surface area contributed by atoms with Gasteiger partial charge in [-0.05, 0) is 31.2 Å². The largest absolute Gasteiger partial charge is 0.494 e. The summed E-state index contributed by atoms with van der Waals surface area (Å²) in [6.45, 7) is 5.21.